The molecule has 1 heterocycles. The molecule has 33 heavy (non-hydrogen) atoms. The summed E-state index contributed by atoms with van der Waals surface area (Å²) in [4.78, 5) is 36.5. The number of esters is 1. The molecule has 0 atom stereocenters. The lowest BCUT2D eigenvalue weighted by atomic mass is 10.1. The van der Waals surface area contributed by atoms with E-state index in [1.807, 2.05) is 30.3 Å². The summed E-state index contributed by atoms with van der Waals surface area (Å²) in [7, 11) is 1.50. The van der Waals surface area contributed by atoms with Crippen molar-refractivity contribution in [2.45, 2.75) is 6.92 Å². The number of amides is 2. The Hall–Kier alpha value is -4.33. The lowest BCUT2D eigenvalue weighted by molar-refractivity contribution is -0.146. The van der Waals surface area contributed by atoms with E-state index in [1.165, 1.54) is 7.11 Å². The number of carbonyl (C=O) groups excluding carboxylic acids is 3. The number of hydrogen-bond donors (Lipinski definition) is 2. The van der Waals surface area contributed by atoms with Crippen LogP contribution in [0.15, 0.2) is 65.1 Å². The summed E-state index contributed by atoms with van der Waals surface area (Å²) in [5.41, 5.74) is 2.95. The summed E-state index contributed by atoms with van der Waals surface area (Å²) in [6.45, 7) is 0.934. The van der Waals surface area contributed by atoms with Gasteiger partial charge in [-0.25, -0.2) is 0 Å². The zero-order valence-electron chi connectivity index (χ0n) is 18.1. The summed E-state index contributed by atoms with van der Waals surface area (Å²) in [6.07, 6.45) is 0. The van der Waals surface area contributed by atoms with Gasteiger partial charge in [-0.1, -0.05) is 36.4 Å². The number of nitrogens with one attached hydrogen (secondary N) is 2. The average Bonchev–Trinajstić information content (AvgIpc) is 3.18. The number of furan rings is 1. The summed E-state index contributed by atoms with van der Waals surface area (Å²) in [6, 6.07) is 18.1. The SMILES string of the molecule is COc1cc2c(cc1NC(=O)COC(=O)CNC(=O)c1ccccc1C)oc1ccccc12. The first-order chi connectivity index (χ1) is 16.0. The van der Waals surface area contributed by atoms with Crippen LogP contribution in [0.3, 0.4) is 0 Å². The Morgan fingerprint density at radius 1 is 0.939 bits per heavy atom. The Bertz CT molecular complexity index is 1360. The molecule has 2 N–H and O–H groups in total. The van der Waals surface area contributed by atoms with E-state index >= 15 is 0 Å². The molecule has 0 saturated carbocycles. The van der Waals surface area contributed by atoms with Crippen LogP contribution in [0.4, 0.5) is 5.69 Å². The number of para-hydroxylation sites is 1. The fourth-order valence-corrected chi connectivity index (χ4v) is 3.48. The molecule has 0 spiro atoms. The van der Waals surface area contributed by atoms with E-state index in [0.29, 0.717) is 22.6 Å². The van der Waals surface area contributed by atoms with E-state index in [1.54, 1.807) is 37.3 Å². The molecular formula is C25H22N2O6. The zero-order valence-corrected chi connectivity index (χ0v) is 18.1. The van der Waals surface area contributed by atoms with E-state index < -0.39 is 24.4 Å². The first-order valence-electron chi connectivity index (χ1n) is 10.2. The third-order valence-electron chi connectivity index (χ3n) is 5.12. The molecule has 1 aromatic heterocycles. The molecule has 0 saturated heterocycles. The number of carbonyl (C=O) groups is 3. The molecule has 0 aliphatic carbocycles. The van der Waals surface area contributed by atoms with E-state index in [9.17, 15) is 14.4 Å². The van der Waals surface area contributed by atoms with Gasteiger partial charge >= 0.3 is 5.97 Å². The highest BCUT2D eigenvalue weighted by Crippen LogP contribution is 2.36. The fraction of sp³-hybridized carbons (Fsp3) is 0.160. The normalized spacial score (nSPS) is 10.7. The smallest absolute Gasteiger partial charge is 0.325 e. The molecule has 168 valence electrons. The van der Waals surface area contributed by atoms with Gasteiger partial charge in [0.05, 0.1) is 12.8 Å². The molecule has 8 heteroatoms. The van der Waals surface area contributed by atoms with Gasteiger partial charge in [-0.15, -0.1) is 0 Å². The molecule has 0 aliphatic heterocycles. The summed E-state index contributed by atoms with van der Waals surface area (Å²) in [5.74, 6) is -1.23. The monoisotopic (exact) mass is 446 g/mol. The zero-order chi connectivity index (χ0) is 23.4. The first-order valence-corrected chi connectivity index (χ1v) is 10.2. The lowest BCUT2D eigenvalue weighted by Gasteiger charge is -2.11. The number of fused-ring (bicyclic) bond motifs is 3. The average molecular weight is 446 g/mol. The van der Waals surface area contributed by atoms with Crippen molar-refractivity contribution in [2.75, 3.05) is 25.6 Å². The molecule has 3 aromatic carbocycles. The Labute approximate surface area is 189 Å². The van der Waals surface area contributed by atoms with Crippen molar-refractivity contribution in [2.24, 2.45) is 0 Å². The van der Waals surface area contributed by atoms with Crippen LogP contribution in [-0.4, -0.2) is 38.0 Å². The maximum absolute atomic E-state index is 12.3. The quantitative estimate of drug-likeness (QED) is 0.418. The van der Waals surface area contributed by atoms with E-state index in [0.717, 1.165) is 21.9 Å². The highest BCUT2D eigenvalue weighted by molar-refractivity contribution is 6.08. The standard InChI is InChI=1S/C25H22N2O6/c1-15-7-3-4-8-16(15)25(30)26-13-24(29)32-14-23(28)27-19-12-21-18(11-22(19)31-2)17-9-5-6-10-20(17)33-21/h3-12H,13-14H2,1-2H3,(H,26,30)(H,27,28). The van der Waals surface area contributed by atoms with Crippen molar-refractivity contribution in [3.8, 4) is 5.75 Å². The van der Waals surface area contributed by atoms with Gasteiger partial charge in [0.2, 0.25) is 0 Å². The summed E-state index contributed by atoms with van der Waals surface area (Å²) >= 11 is 0. The molecule has 2 amide bonds. The van der Waals surface area contributed by atoms with Gasteiger partial charge in [0, 0.05) is 22.4 Å². The Morgan fingerprint density at radius 3 is 2.48 bits per heavy atom. The second kappa shape index (κ2) is 9.44. The molecule has 8 nitrogen and oxygen atoms in total. The molecule has 0 bridgehead atoms. The van der Waals surface area contributed by atoms with Crippen molar-refractivity contribution >= 4 is 45.4 Å². The van der Waals surface area contributed by atoms with Gasteiger partial charge in [-0.05, 0) is 30.7 Å². The molecule has 0 radical (unpaired) electrons. The van der Waals surface area contributed by atoms with E-state index in [2.05, 4.69) is 10.6 Å². The van der Waals surface area contributed by atoms with Gasteiger partial charge in [0.25, 0.3) is 11.8 Å². The minimum atomic E-state index is -0.730. The number of aryl methyl sites for hydroxylation is 1. The Balaban J connectivity index is 1.35. The number of ether oxygens (including phenoxy) is 2. The van der Waals surface area contributed by atoms with Crippen LogP contribution < -0.4 is 15.4 Å². The maximum Gasteiger partial charge on any atom is 0.325 e. The molecule has 4 aromatic rings. The lowest BCUT2D eigenvalue weighted by Crippen LogP contribution is -2.32. The van der Waals surface area contributed by atoms with Crippen LogP contribution >= 0.6 is 0 Å². The van der Waals surface area contributed by atoms with Crippen LogP contribution in [0.5, 0.6) is 5.75 Å². The van der Waals surface area contributed by atoms with Crippen LogP contribution in [0.1, 0.15) is 15.9 Å². The van der Waals surface area contributed by atoms with Gasteiger partial charge in [-0.2, -0.15) is 0 Å². The van der Waals surface area contributed by atoms with E-state index in [-0.39, 0.29) is 6.54 Å². The molecule has 0 aliphatic rings. The Kier molecular flexibility index (Phi) is 6.26. The Morgan fingerprint density at radius 2 is 1.70 bits per heavy atom. The predicted octanol–water partition coefficient (Wildman–Crippen LogP) is 3.81. The van der Waals surface area contributed by atoms with Crippen LogP contribution in [0, 0.1) is 6.92 Å². The van der Waals surface area contributed by atoms with Crippen LogP contribution in [0.25, 0.3) is 21.9 Å². The van der Waals surface area contributed by atoms with Crippen LogP contribution in [0.2, 0.25) is 0 Å². The van der Waals surface area contributed by atoms with Crippen molar-refractivity contribution < 1.29 is 28.3 Å². The minimum Gasteiger partial charge on any atom is -0.495 e. The number of rotatable bonds is 7. The number of anilines is 1. The third kappa shape index (κ3) is 4.79. The van der Waals surface area contributed by atoms with E-state index in [4.69, 9.17) is 13.9 Å². The second-order valence-corrected chi connectivity index (χ2v) is 7.35. The maximum atomic E-state index is 12.3. The van der Waals surface area contributed by atoms with Gasteiger partial charge in [0.1, 0.15) is 23.5 Å². The molecule has 0 unspecified atom stereocenters. The topological polar surface area (TPSA) is 107 Å². The van der Waals surface area contributed by atoms with Gasteiger partial charge in [0.15, 0.2) is 6.61 Å². The summed E-state index contributed by atoms with van der Waals surface area (Å²) in [5, 5.41) is 6.94. The number of hydrogen-bond acceptors (Lipinski definition) is 6. The van der Waals surface area contributed by atoms with Gasteiger partial charge < -0.3 is 24.5 Å². The second-order valence-electron chi connectivity index (χ2n) is 7.35. The third-order valence-corrected chi connectivity index (χ3v) is 5.12. The first kappa shape index (κ1) is 21.9. The predicted molar refractivity (Wildman–Crippen MR) is 123 cm³/mol. The highest BCUT2D eigenvalue weighted by atomic mass is 16.5. The molecular weight excluding hydrogens is 424 g/mol. The minimum absolute atomic E-state index is 0.352. The van der Waals surface area contributed by atoms with Crippen molar-refractivity contribution in [3.05, 3.63) is 71.8 Å². The van der Waals surface area contributed by atoms with Gasteiger partial charge in [-0.3, -0.25) is 14.4 Å². The van der Waals surface area contributed by atoms with Crippen LogP contribution in [-0.2, 0) is 14.3 Å². The fourth-order valence-electron chi connectivity index (χ4n) is 3.48. The summed E-state index contributed by atoms with van der Waals surface area (Å²) < 4.78 is 16.2. The molecule has 4 rings (SSSR count). The van der Waals surface area contributed by atoms with Crippen molar-refractivity contribution in [1.82, 2.24) is 5.32 Å². The number of methoxy groups -OCH3 is 1. The van der Waals surface area contributed by atoms with Crippen molar-refractivity contribution in [1.29, 1.82) is 0 Å². The van der Waals surface area contributed by atoms with Crippen molar-refractivity contribution in [3.63, 3.8) is 0 Å². The highest BCUT2D eigenvalue weighted by Gasteiger charge is 2.16. The molecule has 0 fully saturated rings. The largest absolute Gasteiger partial charge is 0.495 e. The number of benzene rings is 3.